The van der Waals surface area contributed by atoms with Gasteiger partial charge in [-0.1, -0.05) is 39.8 Å². The number of hydrogen-bond donors (Lipinski definition) is 1. The van der Waals surface area contributed by atoms with Gasteiger partial charge in [-0.15, -0.1) is 0 Å². The molecule has 1 fully saturated rings. The molecule has 92 valence electrons. The van der Waals surface area contributed by atoms with Crippen molar-refractivity contribution in [1.29, 1.82) is 0 Å². The van der Waals surface area contributed by atoms with E-state index in [4.69, 9.17) is 5.11 Å². The largest absolute Gasteiger partial charge is 0.396 e. The highest BCUT2D eigenvalue weighted by molar-refractivity contribution is 8.77. The lowest BCUT2D eigenvalue weighted by molar-refractivity contribution is 0.299. The molecule has 1 aromatic rings. The van der Waals surface area contributed by atoms with Gasteiger partial charge in [0.25, 0.3) is 0 Å². The molecule has 0 aromatic heterocycles. The predicted octanol–water partition coefficient (Wildman–Crippen LogP) is 4.11. The van der Waals surface area contributed by atoms with Crippen molar-refractivity contribution in [3.8, 4) is 0 Å². The normalized spacial score (nSPS) is 19.9. The maximum absolute atomic E-state index is 9.04. The Morgan fingerprint density at radius 3 is 3.00 bits per heavy atom. The van der Waals surface area contributed by atoms with Crippen LogP contribution in [0.3, 0.4) is 0 Å². The Balaban J connectivity index is 1.88. The van der Waals surface area contributed by atoms with Crippen LogP contribution >= 0.6 is 21.6 Å². The van der Waals surface area contributed by atoms with Crippen molar-refractivity contribution in [2.75, 3.05) is 6.61 Å². The van der Waals surface area contributed by atoms with Gasteiger partial charge in [0.15, 0.2) is 0 Å². The molecule has 3 heteroatoms. The highest BCUT2D eigenvalue weighted by Gasteiger charge is 2.20. The fraction of sp³-hybridized carbons (Fsp3) is 0.500. The number of aliphatic hydroxyl groups excluding tert-OH is 1. The number of aliphatic hydroxyl groups is 1. The van der Waals surface area contributed by atoms with Crippen LogP contribution in [0.1, 0.15) is 31.2 Å². The van der Waals surface area contributed by atoms with Gasteiger partial charge in [-0.3, -0.25) is 0 Å². The first-order chi connectivity index (χ1) is 8.40. The Morgan fingerprint density at radius 1 is 1.35 bits per heavy atom. The summed E-state index contributed by atoms with van der Waals surface area (Å²) >= 11 is 0. The molecule has 1 aliphatic carbocycles. The predicted molar refractivity (Wildman–Crippen MR) is 77.2 cm³/mol. The zero-order valence-electron chi connectivity index (χ0n) is 9.97. The smallest absolute Gasteiger partial charge is 0.100 e. The van der Waals surface area contributed by atoms with E-state index in [-0.39, 0.29) is 6.61 Å². The van der Waals surface area contributed by atoms with E-state index in [1.54, 1.807) is 0 Å². The summed E-state index contributed by atoms with van der Waals surface area (Å²) in [7, 11) is 3.87. The molecular weight excluding hydrogens is 248 g/mol. The summed E-state index contributed by atoms with van der Waals surface area (Å²) in [6, 6.07) is 8.41. The zero-order valence-corrected chi connectivity index (χ0v) is 11.6. The van der Waals surface area contributed by atoms with Crippen molar-refractivity contribution >= 4 is 21.6 Å². The van der Waals surface area contributed by atoms with E-state index >= 15 is 0 Å². The summed E-state index contributed by atoms with van der Waals surface area (Å²) in [6.45, 7) is 0.236. The van der Waals surface area contributed by atoms with Crippen molar-refractivity contribution in [2.45, 2.75) is 42.2 Å². The molecule has 1 N–H and O–H groups in total. The summed E-state index contributed by atoms with van der Waals surface area (Å²) in [5.41, 5.74) is 1.27. The molecule has 0 bridgehead atoms. The summed E-state index contributed by atoms with van der Waals surface area (Å²) in [4.78, 5) is 1.32. The van der Waals surface area contributed by atoms with Gasteiger partial charge in [0.05, 0.1) is 18.1 Å². The summed E-state index contributed by atoms with van der Waals surface area (Å²) < 4.78 is 0. The fourth-order valence-electron chi connectivity index (χ4n) is 2.03. The summed E-state index contributed by atoms with van der Waals surface area (Å²) in [6.07, 6.45) is 8.41. The maximum Gasteiger partial charge on any atom is 0.100 e. The third-order valence-corrected chi connectivity index (χ3v) is 6.01. The Labute approximate surface area is 112 Å². The monoisotopic (exact) mass is 267 g/mol. The van der Waals surface area contributed by atoms with Crippen LogP contribution in [0.25, 0.3) is 0 Å². The first-order valence-corrected chi connectivity index (χ1v) is 8.45. The van der Waals surface area contributed by atoms with Crippen molar-refractivity contribution in [3.05, 3.63) is 36.2 Å². The molecule has 0 aliphatic heterocycles. The lowest BCUT2D eigenvalue weighted by atomic mass is 10.0. The Kier molecular flexibility index (Phi) is 5.62. The summed E-state index contributed by atoms with van der Waals surface area (Å²) in [5, 5.41) is 9.81. The van der Waals surface area contributed by atoms with Gasteiger partial charge < -0.3 is 5.11 Å². The molecule has 1 aliphatic rings. The molecule has 1 aromatic carbocycles. The van der Waals surface area contributed by atoms with Gasteiger partial charge in [-0.05, 0) is 30.9 Å². The van der Waals surface area contributed by atoms with Gasteiger partial charge in [-0.2, -0.15) is 0 Å². The van der Waals surface area contributed by atoms with E-state index in [0.717, 1.165) is 11.7 Å². The highest BCUT2D eigenvalue weighted by Crippen LogP contribution is 2.41. The SMILES string of the molecule is OCCc1ccccc1SSC1C[CH+]CCC1. The lowest BCUT2D eigenvalue weighted by Gasteiger charge is -2.16. The Morgan fingerprint density at radius 2 is 2.24 bits per heavy atom. The van der Waals surface area contributed by atoms with Crippen molar-refractivity contribution in [1.82, 2.24) is 0 Å². The van der Waals surface area contributed by atoms with Crippen LogP contribution in [-0.2, 0) is 6.42 Å². The first-order valence-electron chi connectivity index (χ1n) is 6.24. The molecular formula is C14H19OS2+. The van der Waals surface area contributed by atoms with E-state index < -0.39 is 0 Å². The molecule has 1 nitrogen and oxygen atoms in total. The first kappa shape index (κ1) is 13.2. The maximum atomic E-state index is 9.04. The second-order valence-corrected chi connectivity index (χ2v) is 6.88. The van der Waals surface area contributed by atoms with Crippen molar-refractivity contribution < 1.29 is 5.11 Å². The molecule has 2 rings (SSSR count). The molecule has 0 amide bonds. The van der Waals surface area contributed by atoms with E-state index in [1.807, 2.05) is 27.7 Å². The van der Waals surface area contributed by atoms with Crippen LogP contribution in [-0.4, -0.2) is 17.0 Å². The average Bonchev–Trinajstić information content (AvgIpc) is 2.39. The van der Waals surface area contributed by atoms with Crippen molar-refractivity contribution in [3.63, 3.8) is 0 Å². The third-order valence-electron chi connectivity index (χ3n) is 2.99. The zero-order chi connectivity index (χ0) is 11.9. The molecule has 17 heavy (non-hydrogen) atoms. The number of rotatable bonds is 5. The van der Waals surface area contributed by atoms with E-state index in [0.29, 0.717) is 0 Å². The van der Waals surface area contributed by atoms with Crippen LogP contribution in [0.2, 0.25) is 0 Å². The third kappa shape index (κ3) is 4.16. The molecule has 0 saturated heterocycles. The van der Waals surface area contributed by atoms with E-state index in [9.17, 15) is 0 Å². The molecule has 0 heterocycles. The Hall–Kier alpha value is -0.250. The molecule has 0 spiro atoms. The minimum atomic E-state index is 0.236. The quantitative estimate of drug-likeness (QED) is 0.640. The van der Waals surface area contributed by atoms with Crippen LogP contribution in [0.5, 0.6) is 0 Å². The Bertz CT molecular complexity index is 335. The minimum absolute atomic E-state index is 0.236. The van der Waals surface area contributed by atoms with Gasteiger partial charge in [0, 0.05) is 11.5 Å². The average molecular weight is 267 g/mol. The molecule has 0 radical (unpaired) electrons. The van der Waals surface area contributed by atoms with Crippen LogP contribution < -0.4 is 0 Å². The van der Waals surface area contributed by atoms with Gasteiger partial charge in [0.1, 0.15) is 6.42 Å². The van der Waals surface area contributed by atoms with Crippen molar-refractivity contribution in [2.24, 2.45) is 0 Å². The number of hydrogen-bond acceptors (Lipinski definition) is 3. The molecule has 1 saturated carbocycles. The molecule has 1 atom stereocenters. The second-order valence-electron chi connectivity index (χ2n) is 4.34. The van der Waals surface area contributed by atoms with Crippen LogP contribution in [0.15, 0.2) is 29.2 Å². The van der Waals surface area contributed by atoms with E-state index in [2.05, 4.69) is 24.6 Å². The van der Waals surface area contributed by atoms with Gasteiger partial charge in [0.2, 0.25) is 0 Å². The fourth-order valence-corrected chi connectivity index (χ4v) is 4.89. The minimum Gasteiger partial charge on any atom is -0.396 e. The highest BCUT2D eigenvalue weighted by atomic mass is 33.1. The van der Waals surface area contributed by atoms with Crippen LogP contribution in [0.4, 0.5) is 0 Å². The van der Waals surface area contributed by atoms with Gasteiger partial charge in [-0.25, -0.2) is 0 Å². The second kappa shape index (κ2) is 7.24. The standard InChI is InChI=1S/C14H19OS2/c15-11-10-12-6-4-5-9-14(12)17-16-13-7-2-1-3-8-13/h2,4-6,9,13,15H,1,3,7-8,10-11H2/q+1. The summed E-state index contributed by atoms with van der Waals surface area (Å²) in [5.74, 6) is 0. The van der Waals surface area contributed by atoms with Crippen LogP contribution in [0, 0.1) is 6.42 Å². The topological polar surface area (TPSA) is 20.2 Å². The van der Waals surface area contributed by atoms with Gasteiger partial charge >= 0.3 is 0 Å². The molecule has 1 unspecified atom stereocenters. The van der Waals surface area contributed by atoms with E-state index in [1.165, 1.54) is 36.1 Å². The number of benzene rings is 1. The lowest BCUT2D eigenvalue weighted by Crippen LogP contribution is -2.06.